The lowest BCUT2D eigenvalue weighted by Crippen LogP contribution is -3.13. The van der Waals surface area contributed by atoms with Gasteiger partial charge in [0.25, 0.3) is 5.91 Å². The van der Waals surface area contributed by atoms with Crippen molar-refractivity contribution in [2.45, 2.75) is 6.54 Å². The zero-order valence-corrected chi connectivity index (χ0v) is 16.3. The Kier molecular flexibility index (Phi) is 6.66. The minimum atomic E-state index is -0.382. The van der Waals surface area contributed by atoms with Crippen LogP contribution in [0.15, 0.2) is 42.7 Å². The Morgan fingerprint density at radius 2 is 1.81 bits per heavy atom. The first-order valence-electron chi connectivity index (χ1n) is 8.76. The second-order valence-electron chi connectivity index (χ2n) is 6.47. The highest BCUT2D eigenvalue weighted by Crippen LogP contribution is 2.20. The van der Waals surface area contributed by atoms with Crippen LogP contribution in [0.5, 0.6) is 0 Å². The summed E-state index contributed by atoms with van der Waals surface area (Å²) >= 11 is 11.9. The molecule has 2 aromatic rings. The lowest BCUT2D eigenvalue weighted by molar-refractivity contribution is -0.917. The number of aromatic nitrogens is 1. The summed E-state index contributed by atoms with van der Waals surface area (Å²) in [7, 11) is 0. The van der Waals surface area contributed by atoms with E-state index in [1.807, 2.05) is 12.1 Å². The SMILES string of the molecule is O=C(NCC(=O)N1CC[NH+](Cc2ccncc2)CC1)c1ccc(Cl)cc1Cl. The molecule has 0 spiro atoms. The number of quaternary nitrogens is 1. The third-order valence-corrected chi connectivity index (χ3v) is 5.15. The Balaban J connectivity index is 1.45. The molecule has 0 aliphatic carbocycles. The minimum absolute atomic E-state index is 0.0442. The van der Waals surface area contributed by atoms with Crippen molar-refractivity contribution >= 4 is 35.0 Å². The lowest BCUT2D eigenvalue weighted by atomic mass is 10.2. The number of rotatable bonds is 5. The number of piperazine rings is 1. The van der Waals surface area contributed by atoms with Crippen molar-refractivity contribution in [1.29, 1.82) is 0 Å². The van der Waals surface area contributed by atoms with Crippen molar-refractivity contribution in [2.75, 3.05) is 32.7 Å². The van der Waals surface area contributed by atoms with Crippen LogP contribution < -0.4 is 10.2 Å². The predicted octanol–water partition coefficient (Wildman–Crippen LogP) is 1.05. The van der Waals surface area contributed by atoms with Crippen molar-refractivity contribution in [1.82, 2.24) is 15.2 Å². The number of carbonyl (C=O) groups is 2. The van der Waals surface area contributed by atoms with Crippen molar-refractivity contribution in [3.63, 3.8) is 0 Å². The van der Waals surface area contributed by atoms with E-state index in [1.54, 1.807) is 29.4 Å². The number of benzene rings is 1. The summed E-state index contributed by atoms with van der Waals surface area (Å²) in [4.78, 5) is 31.8. The van der Waals surface area contributed by atoms with E-state index in [1.165, 1.54) is 16.5 Å². The molecule has 1 aliphatic rings. The van der Waals surface area contributed by atoms with Gasteiger partial charge in [0.15, 0.2) is 0 Å². The molecule has 0 bridgehead atoms. The van der Waals surface area contributed by atoms with Crippen LogP contribution >= 0.6 is 23.2 Å². The number of carbonyl (C=O) groups excluding carboxylic acids is 2. The van der Waals surface area contributed by atoms with Gasteiger partial charge >= 0.3 is 0 Å². The van der Waals surface area contributed by atoms with Gasteiger partial charge in [0.2, 0.25) is 5.91 Å². The molecule has 1 aliphatic heterocycles. The summed E-state index contributed by atoms with van der Waals surface area (Å²) < 4.78 is 0. The Morgan fingerprint density at radius 1 is 1.11 bits per heavy atom. The fourth-order valence-corrected chi connectivity index (χ4v) is 3.57. The van der Waals surface area contributed by atoms with E-state index >= 15 is 0 Å². The summed E-state index contributed by atoms with van der Waals surface area (Å²) in [6.45, 7) is 4.00. The molecule has 0 radical (unpaired) electrons. The van der Waals surface area contributed by atoms with E-state index in [-0.39, 0.29) is 23.4 Å². The average Bonchev–Trinajstić information content (AvgIpc) is 2.67. The Bertz CT molecular complexity index is 809. The normalized spacial score (nSPS) is 14.8. The molecule has 1 aromatic heterocycles. The molecule has 0 unspecified atom stereocenters. The standard InChI is InChI=1S/C19H20Cl2N4O2/c20-15-1-2-16(17(21)11-15)19(27)23-12-18(26)25-9-7-24(8-10-25)13-14-3-5-22-6-4-14/h1-6,11H,7-10,12-13H2,(H,23,27)/p+1. The minimum Gasteiger partial charge on any atom is -0.343 e. The van der Waals surface area contributed by atoms with Gasteiger partial charge in [-0.1, -0.05) is 23.2 Å². The molecule has 2 N–H and O–H groups in total. The van der Waals surface area contributed by atoms with E-state index in [2.05, 4.69) is 10.3 Å². The molecule has 3 rings (SSSR count). The van der Waals surface area contributed by atoms with Crippen LogP contribution in [0, 0.1) is 0 Å². The lowest BCUT2D eigenvalue weighted by Gasteiger charge is -2.32. The molecule has 8 heteroatoms. The van der Waals surface area contributed by atoms with Crippen LogP contribution in [-0.2, 0) is 11.3 Å². The molecule has 6 nitrogen and oxygen atoms in total. The van der Waals surface area contributed by atoms with E-state index in [0.717, 1.165) is 19.6 Å². The maximum absolute atomic E-state index is 12.4. The van der Waals surface area contributed by atoms with Crippen LogP contribution in [0.2, 0.25) is 10.0 Å². The van der Waals surface area contributed by atoms with Crippen LogP contribution in [0.25, 0.3) is 0 Å². The first-order chi connectivity index (χ1) is 13.0. The van der Waals surface area contributed by atoms with Gasteiger partial charge in [0.05, 0.1) is 43.3 Å². The topological polar surface area (TPSA) is 66.7 Å². The van der Waals surface area contributed by atoms with Crippen molar-refractivity contribution in [3.05, 3.63) is 63.9 Å². The third kappa shape index (κ3) is 5.42. The van der Waals surface area contributed by atoms with Gasteiger partial charge in [0, 0.05) is 23.0 Å². The second-order valence-corrected chi connectivity index (χ2v) is 7.31. The molecular weight excluding hydrogens is 387 g/mol. The Labute approximate surface area is 168 Å². The second kappa shape index (κ2) is 9.17. The monoisotopic (exact) mass is 407 g/mol. The summed E-state index contributed by atoms with van der Waals surface area (Å²) in [5.74, 6) is -0.469. The highest BCUT2D eigenvalue weighted by Gasteiger charge is 2.24. The maximum Gasteiger partial charge on any atom is 0.253 e. The largest absolute Gasteiger partial charge is 0.343 e. The first-order valence-corrected chi connectivity index (χ1v) is 9.52. The van der Waals surface area contributed by atoms with Crippen molar-refractivity contribution in [2.24, 2.45) is 0 Å². The fraction of sp³-hybridized carbons (Fsp3) is 0.316. The summed E-state index contributed by atoms with van der Waals surface area (Å²) in [6, 6.07) is 8.68. The number of nitrogens with zero attached hydrogens (tertiary/aromatic N) is 2. The van der Waals surface area contributed by atoms with Crippen LogP contribution in [-0.4, -0.2) is 54.4 Å². The van der Waals surface area contributed by atoms with Gasteiger partial charge in [-0.25, -0.2) is 0 Å². The molecule has 142 valence electrons. The van der Waals surface area contributed by atoms with Crippen molar-refractivity contribution < 1.29 is 14.5 Å². The summed E-state index contributed by atoms with van der Waals surface area (Å²) in [5.41, 5.74) is 1.55. The summed E-state index contributed by atoms with van der Waals surface area (Å²) in [6.07, 6.45) is 3.59. The number of hydrogen-bond acceptors (Lipinski definition) is 3. The number of amides is 2. The Morgan fingerprint density at radius 3 is 2.48 bits per heavy atom. The Hall–Kier alpha value is -2.15. The van der Waals surface area contributed by atoms with E-state index in [0.29, 0.717) is 23.7 Å². The number of nitrogens with one attached hydrogen (secondary N) is 2. The van der Waals surface area contributed by atoms with Crippen LogP contribution in [0.3, 0.4) is 0 Å². The number of hydrogen-bond donors (Lipinski definition) is 2. The smallest absolute Gasteiger partial charge is 0.253 e. The molecule has 27 heavy (non-hydrogen) atoms. The van der Waals surface area contributed by atoms with Gasteiger partial charge in [-0.15, -0.1) is 0 Å². The van der Waals surface area contributed by atoms with Gasteiger partial charge in [-0.3, -0.25) is 14.6 Å². The first kappa shape index (κ1) is 19.6. The predicted molar refractivity (Wildman–Crippen MR) is 104 cm³/mol. The van der Waals surface area contributed by atoms with Gasteiger partial charge in [-0.2, -0.15) is 0 Å². The molecule has 2 heterocycles. The van der Waals surface area contributed by atoms with Gasteiger partial charge in [0.1, 0.15) is 6.54 Å². The average molecular weight is 408 g/mol. The highest BCUT2D eigenvalue weighted by molar-refractivity contribution is 6.36. The van der Waals surface area contributed by atoms with Gasteiger partial charge < -0.3 is 15.1 Å². The molecule has 0 atom stereocenters. The van der Waals surface area contributed by atoms with Gasteiger partial charge in [-0.05, 0) is 30.3 Å². The quantitative estimate of drug-likeness (QED) is 0.778. The zero-order valence-electron chi connectivity index (χ0n) is 14.8. The number of halogens is 2. The van der Waals surface area contributed by atoms with Crippen LogP contribution in [0.1, 0.15) is 15.9 Å². The molecule has 1 saturated heterocycles. The van der Waals surface area contributed by atoms with Crippen molar-refractivity contribution in [3.8, 4) is 0 Å². The summed E-state index contributed by atoms with van der Waals surface area (Å²) in [5, 5.41) is 3.36. The molecular formula is C19H21Cl2N4O2+. The van der Waals surface area contributed by atoms with E-state index < -0.39 is 0 Å². The molecule has 2 amide bonds. The zero-order chi connectivity index (χ0) is 19.2. The van der Waals surface area contributed by atoms with Crippen LogP contribution in [0.4, 0.5) is 0 Å². The maximum atomic E-state index is 12.4. The van der Waals surface area contributed by atoms with E-state index in [4.69, 9.17) is 23.2 Å². The fourth-order valence-electron chi connectivity index (χ4n) is 3.07. The molecule has 1 fully saturated rings. The molecule has 1 aromatic carbocycles. The molecule has 0 saturated carbocycles. The third-order valence-electron chi connectivity index (χ3n) is 4.60. The number of pyridine rings is 1. The van der Waals surface area contributed by atoms with E-state index in [9.17, 15) is 9.59 Å². The highest BCUT2D eigenvalue weighted by atomic mass is 35.5.